The van der Waals surface area contributed by atoms with E-state index in [-0.39, 0.29) is 17.8 Å². The standard InChI is InChI=1S/C24H28FN5O4S/c1-14-8-17(29-35(4,5)32)10-19-23(14)24(27-13-26-19)28-18-7-6-16(25)9-20(18)34-22-12-30(15(2)31)11-21(22)33-3/h6-10,13,21-22H,4,11-12H2,1-3,5H3,(H,29,32)(H,26,27,28). The Labute approximate surface area is 203 Å². The van der Waals surface area contributed by atoms with Crippen LogP contribution in [0.2, 0.25) is 0 Å². The Balaban J connectivity index is 1.67. The van der Waals surface area contributed by atoms with Gasteiger partial charge in [0.25, 0.3) is 0 Å². The molecule has 1 aromatic heterocycles. The number of aromatic nitrogens is 2. The second-order valence-electron chi connectivity index (χ2n) is 8.64. The number of aryl methyl sites for hydroxylation is 1. The molecule has 2 heterocycles. The number of likely N-dealkylation sites (tertiary alicyclic amines) is 1. The summed E-state index contributed by atoms with van der Waals surface area (Å²) in [5.41, 5.74) is 2.60. The summed E-state index contributed by atoms with van der Waals surface area (Å²) < 4.78 is 40.8. The van der Waals surface area contributed by atoms with Crippen molar-refractivity contribution in [1.29, 1.82) is 0 Å². The molecule has 1 fully saturated rings. The highest BCUT2D eigenvalue weighted by Gasteiger charge is 2.36. The van der Waals surface area contributed by atoms with E-state index in [0.717, 1.165) is 10.9 Å². The predicted octanol–water partition coefficient (Wildman–Crippen LogP) is 3.12. The lowest BCUT2D eigenvalue weighted by Gasteiger charge is -2.21. The Morgan fingerprint density at radius 2 is 1.97 bits per heavy atom. The van der Waals surface area contributed by atoms with Crippen LogP contribution in [0.1, 0.15) is 12.5 Å². The van der Waals surface area contributed by atoms with Crippen molar-refractivity contribution in [2.75, 3.05) is 36.5 Å². The lowest BCUT2D eigenvalue weighted by molar-refractivity contribution is -0.128. The van der Waals surface area contributed by atoms with E-state index in [1.807, 2.05) is 13.0 Å². The third kappa shape index (κ3) is 5.63. The van der Waals surface area contributed by atoms with Crippen molar-refractivity contribution >= 4 is 49.6 Å². The molecular weight excluding hydrogens is 473 g/mol. The Bertz CT molecular complexity index is 1380. The zero-order valence-corrected chi connectivity index (χ0v) is 20.8. The third-order valence-electron chi connectivity index (χ3n) is 5.71. The highest BCUT2D eigenvalue weighted by molar-refractivity contribution is 8.00. The molecule has 0 spiro atoms. The van der Waals surface area contributed by atoms with Gasteiger partial charge in [0.2, 0.25) is 5.91 Å². The molecule has 0 bridgehead atoms. The quantitative estimate of drug-likeness (QED) is 0.479. The first kappa shape index (κ1) is 24.7. The average molecular weight is 502 g/mol. The molecule has 9 nitrogen and oxygen atoms in total. The van der Waals surface area contributed by atoms with Crippen molar-refractivity contribution in [3.8, 4) is 5.75 Å². The van der Waals surface area contributed by atoms with Crippen molar-refractivity contribution in [1.82, 2.24) is 14.9 Å². The number of carbonyl (C=O) groups is 1. The predicted molar refractivity (Wildman–Crippen MR) is 136 cm³/mol. The molecule has 1 aliphatic rings. The van der Waals surface area contributed by atoms with Gasteiger partial charge < -0.3 is 24.4 Å². The van der Waals surface area contributed by atoms with Crippen LogP contribution in [0.15, 0.2) is 36.7 Å². The number of nitrogens with zero attached hydrogens (tertiary/aromatic N) is 3. The van der Waals surface area contributed by atoms with Crippen molar-refractivity contribution in [3.63, 3.8) is 0 Å². The van der Waals surface area contributed by atoms with E-state index in [1.165, 1.54) is 31.6 Å². The SMILES string of the molecule is C=S(C)(=O)Nc1cc(C)c2c(Nc3ccc(F)cc3OC3CN(C(C)=O)CC3OC)ncnc2c1. The number of halogens is 1. The van der Waals surface area contributed by atoms with Crippen LogP contribution in [-0.4, -0.2) is 69.5 Å². The number of benzene rings is 2. The van der Waals surface area contributed by atoms with E-state index in [2.05, 4.69) is 25.9 Å². The number of hydrogen-bond acceptors (Lipinski definition) is 7. The van der Waals surface area contributed by atoms with Gasteiger partial charge in [-0.15, -0.1) is 0 Å². The van der Waals surface area contributed by atoms with Crippen LogP contribution in [0.4, 0.5) is 21.6 Å². The van der Waals surface area contributed by atoms with Gasteiger partial charge in [0, 0.05) is 47.1 Å². The molecule has 2 N–H and O–H groups in total. The highest BCUT2D eigenvalue weighted by Crippen LogP contribution is 2.34. The van der Waals surface area contributed by atoms with Gasteiger partial charge in [-0.05, 0) is 42.6 Å². The summed E-state index contributed by atoms with van der Waals surface area (Å²) in [5.74, 6) is 3.86. The maximum atomic E-state index is 14.2. The van der Waals surface area contributed by atoms with E-state index in [4.69, 9.17) is 9.47 Å². The monoisotopic (exact) mass is 501 g/mol. The van der Waals surface area contributed by atoms with Crippen LogP contribution in [0, 0.1) is 12.7 Å². The number of methoxy groups -OCH3 is 1. The van der Waals surface area contributed by atoms with Crippen molar-refractivity contribution in [3.05, 3.63) is 48.0 Å². The fraction of sp³-hybridized carbons (Fsp3) is 0.333. The zero-order valence-electron chi connectivity index (χ0n) is 20.0. The van der Waals surface area contributed by atoms with Gasteiger partial charge in [-0.2, -0.15) is 0 Å². The minimum absolute atomic E-state index is 0.0784. The van der Waals surface area contributed by atoms with Crippen molar-refractivity contribution in [2.24, 2.45) is 0 Å². The molecule has 3 atom stereocenters. The van der Waals surface area contributed by atoms with Crippen LogP contribution in [0.5, 0.6) is 5.75 Å². The van der Waals surface area contributed by atoms with Crippen LogP contribution in [0.3, 0.4) is 0 Å². The first-order valence-electron chi connectivity index (χ1n) is 10.9. The molecule has 3 aromatic rings. The molecule has 1 aliphatic heterocycles. The van der Waals surface area contributed by atoms with Crippen LogP contribution in [-0.2, 0) is 19.2 Å². The lowest BCUT2D eigenvalue weighted by Crippen LogP contribution is -2.32. The summed E-state index contributed by atoms with van der Waals surface area (Å²) in [7, 11) is -0.899. The van der Waals surface area contributed by atoms with Crippen LogP contribution in [0.25, 0.3) is 10.9 Å². The maximum absolute atomic E-state index is 14.2. The van der Waals surface area contributed by atoms with E-state index < -0.39 is 21.6 Å². The number of ether oxygens (including phenoxy) is 2. The molecule has 35 heavy (non-hydrogen) atoms. The Hall–Kier alpha value is -3.44. The number of fused-ring (bicyclic) bond motifs is 1. The van der Waals surface area contributed by atoms with E-state index in [0.29, 0.717) is 35.8 Å². The van der Waals surface area contributed by atoms with E-state index in [9.17, 15) is 13.4 Å². The summed E-state index contributed by atoms with van der Waals surface area (Å²) >= 11 is 0. The van der Waals surface area contributed by atoms with Gasteiger partial charge in [-0.25, -0.2) is 18.6 Å². The second kappa shape index (κ2) is 9.67. The highest BCUT2D eigenvalue weighted by atomic mass is 32.2. The maximum Gasteiger partial charge on any atom is 0.219 e. The molecule has 3 unspecified atom stereocenters. The van der Waals surface area contributed by atoms with Crippen molar-refractivity contribution in [2.45, 2.75) is 26.1 Å². The number of hydrogen-bond donors (Lipinski definition) is 2. The Kier molecular flexibility index (Phi) is 6.82. The Morgan fingerprint density at radius 1 is 1.23 bits per heavy atom. The summed E-state index contributed by atoms with van der Waals surface area (Å²) in [6.45, 7) is 4.12. The number of carbonyl (C=O) groups excluding carboxylic acids is 1. The minimum atomic E-state index is -2.45. The molecule has 1 amide bonds. The molecule has 11 heteroatoms. The van der Waals surface area contributed by atoms with Gasteiger partial charge in [-0.1, -0.05) is 0 Å². The molecule has 0 aliphatic carbocycles. The third-order valence-corrected chi connectivity index (χ3v) is 6.37. The fourth-order valence-electron chi connectivity index (χ4n) is 4.12. The first-order chi connectivity index (χ1) is 16.5. The molecule has 186 valence electrons. The first-order valence-corrected chi connectivity index (χ1v) is 13.0. The van der Waals surface area contributed by atoms with Crippen molar-refractivity contribution < 1.29 is 22.9 Å². The number of nitrogens with one attached hydrogen (secondary N) is 2. The number of rotatable bonds is 7. The van der Waals surface area contributed by atoms with Crippen LogP contribution >= 0.6 is 0 Å². The fourth-order valence-corrected chi connectivity index (χ4v) is 4.74. The van der Waals surface area contributed by atoms with Gasteiger partial charge >= 0.3 is 0 Å². The summed E-state index contributed by atoms with van der Waals surface area (Å²) in [5, 5.41) is 3.99. The number of amides is 1. The summed E-state index contributed by atoms with van der Waals surface area (Å²) in [6.07, 6.45) is 2.12. The largest absolute Gasteiger partial charge is 0.483 e. The minimum Gasteiger partial charge on any atom is -0.483 e. The number of anilines is 3. The smallest absolute Gasteiger partial charge is 0.219 e. The summed E-state index contributed by atoms with van der Waals surface area (Å²) in [6, 6.07) is 7.78. The van der Waals surface area contributed by atoms with Gasteiger partial charge in [0.05, 0.1) is 24.3 Å². The summed E-state index contributed by atoms with van der Waals surface area (Å²) in [4.78, 5) is 22.2. The van der Waals surface area contributed by atoms with Gasteiger partial charge in [0.1, 0.15) is 35.9 Å². The molecule has 1 saturated heterocycles. The average Bonchev–Trinajstić information content (AvgIpc) is 3.17. The molecule has 2 aromatic carbocycles. The van der Waals surface area contributed by atoms with E-state index >= 15 is 0 Å². The normalized spacial score (nSPS) is 19.4. The van der Waals surface area contributed by atoms with Crippen LogP contribution < -0.4 is 14.8 Å². The zero-order chi connectivity index (χ0) is 25.3. The topological polar surface area (TPSA) is 106 Å². The van der Waals surface area contributed by atoms with Gasteiger partial charge in [0.15, 0.2) is 0 Å². The lowest BCUT2D eigenvalue weighted by atomic mass is 10.1. The molecule has 0 saturated carbocycles. The van der Waals surface area contributed by atoms with E-state index in [1.54, 1.807) is 24.1 Å². The van der Waals surface area contributed by atoms with Gasteiger partial charge in [-0.3, -0.25) is 4.79 Å². The molecule has 4 rings (SSSR count). The Morgan fingerprint density at radius 3 is 2.66 bits per heavy atom. The molecular formula is C24H28FN5O4S. The molecule has 0 radical (unpaired) electrons. The second-order valence-corrected chi connectivity index (χ2v) is 10.9.